The number of benzene rings is 1. The maximum atomic E-state index is 12.5. The van der Waals surface area contributed by atoms with Gasteiger partial charge in [0.15, 0.2) is 11.0 Å². The molecule has 2 heterocycles. The molecular weight excluding hydrogens is 378 g/mol. The van der Waals surface area contributed by atoms with E-state index >= 15 is 0 Å². The molecule has 1 amide bonds. The molecule has 0 saturated carbocycles. The van der Waals surface area contributed by atoms with Crippen molar-refractivity contribution in [1.82, 2.24) is 19.7 Å². The van der Waals surface area contributed by atoms with E-state index in [1.807, 2.05) is 9.47 Å². The number of rotatable bonds is 7. The first-order valence-electron chi connectivity index (χ1n) is 9.29. The fraction of sp³-hybridized carbons (Fsp3) is 0.421. The van der Waals surface area contributed by atoms with Gasteiger partial charge < -0.3 is 4.90 Å². The van der Waals surface area contributed by atoms with Crippen molar-refractivity contribution in [3.05, 3.63) is 47.0 Å². The minimum Gasteiger partial charge on any atom is -0.342 e. The number of allylic oxidation sites excluding steroid dienone is 1. The Kier molecular flexibility index (Phi) is 6.80. The Bertz CT molecular complexity index is 842. The maximum absolute atomic E-state index is 12.5. The van der Waals surface area contributed by atoms with E-state index < -0.39 is 4.92 Å². The van der Waals surface area contributed by atoms with Crippen LogP contribution in [0.15, 0.2) is 42.1 Å². The molecule has 0 unspecified atom stereocenters. The normalized spacial score (nSPS) is 14.5. The third kappa shape index (κ3) is 4.78. The molecule has 0 aliphatic carbocycles. The van der Waals surface area contributed by atoms with Crippen LogP contribution in [0.1, 0.15) is 25.7 Å². The number of carbonyl (C=O) groups is 1. The summed E-state index contributed by atoms with van der Waals surface area (Å²) in [6.45, 7) is 5.92. The van der Waals surface area contributed by atoms with Gasteiger partial charge in [-0.05, 0) is 25.0 Å². The van der Waals surface area contributed by atoms with Crippen molar-refractivity contribution in [2.24, 2.45) is 0 Å². The number of nitro benzene ring substituents is 1. The summed E-state index contributed by atoms with van der Waals surface area (Å²) in [7, 11) is 0. The molecule has 1 fully saturated rings. The standard InChI is InChI=1S/C19H23N5O3S/c1-2-11-23-18(15-7-9-16(10-8-15)24(26)27)20-21-19(23)28-14-17(25)22-12-5-3-4-6-13-22/h2,7-10H,1,3-6,11-14H2. The highest BCUT2D eigenvalue weighted by atomic mass is 32.2. The lowest BCUT2D eigenvalue weighted by molar-refractivity contribution is -0.384. The van der Waals surface area contributed by atoms with Crippen LogP contribution in [0.2, 0.25) is 0 Å². The highest BCUT2D eigenvalue weighted by Gasteiger charge is 2.19. The summed E-state index contributed by atoms with van der Waals surface area (Å²) in [6.07, 6.45) is 6.23. The van der Waals surface area contributed by atoms with Gasteiger partial charge in [-0.15, -0.1) is 16.8 Å². The molecule has 1 aromatic heterocycles. The molecule has 0 spiro atoms. The second kappa shape index (κ2) is 9.50. The summed E-state index contributed by atoms with van der Waals surface area (Å²) in [5.41, 5.74) is 0.752. The van der Waals surface area contributed by atoms with Crippen LogP contribution in [-0.2, 0) is 11.3 Å². The number of hydrogen-bond donors (Lipinski definition) is 0. The molecule has 1 saturated heterocycles. The lowest BCUT2D eigenvalue weighted by Crippen LogP contribution is -2.33. The van der Waals surface area contributed by atoms with Crippen LogP contribution in [0.5, 0.6) is 0 Å². The Hall–Kier alpha value is -2.68. The second-order valence-corrected chi connectivity index (χ2v) is 7.54. The van der Waals surface area contributed by atoms with Gasteiger partial charge in [0.1, 0.15) is 0 Å². The summed E-state index contributed by atoms with van der Waals surface area (Å²) < 4.78 is 1.87. The van der Waals surface area contributed by atoms with Gasteiger partial charge in [0, 0.05) is 37.3 Å². The monoisotopic (exact) mass is 401 g/mol. The van der Waals surface area contributed by atoms with E-state index in [1.165, 1.54) is 36.7 Å². The first-order valence-corrected chi connectivity index (χ1v) is 10.3. The largest absolute Gasteiger partial charge is 0.342 e. The maximum Gasteiger partial charge on any atom is 0.269 e. The Morgan fingerprint density at radius 3 is 2.46 bits per heavy atom. The van der Waals surface area contributed by atoms with Gasteiger partial charge in [0.2, 0.25) is 5.91 Å². The average Bonchev–Trinajstić information content (AvgIpc) is 2.91. The van der Waals surface area contributed by atoms with Crippen LogP contribution in [0.25, 0.3) is 11.4 Å². The van der Waals surface area contributed by atoms with Gasteiger partial charge in [-0.25, -0.2) is 0 Å². The molecule has 2 aromatic rings. The van der Waals surface area contributed by atoms with E-state index in [-0.39, 0.29) is 11.6 Å². The molecule has 1 aromatic carbocycles. The number of thioether (sulfide) groups is 1. The smallest absolute Gasteiger partial charge is 0.269 e. The van der Waals surface area contributed by atoms with Crippen LogP contribution >= 0.6 is 11.8 Å². The molecule has 0 bridgehead atoms. The summed E-state index contributed by atoms with van der Waals surface area (Å²) in [4.78, 5) is 24.9. The predicted molar refractivity (Wildman–Crippen MR) is 108 cm³/mol. The quantitative estimate of drug-likeness (QED) is 0.305. The number of nitro groups is 1. The molecule has 9 heteroatoms. The van der Waals surface area contributed by atoms with Gasteiger partial charge in [-0.3, -0.25) is 19.5 Å². The van der Waals surface area contributed by atoms with E-state index in [4.69, 9.17) is 0 Å². The lowest BCUT2D eigenvalue weighted by atomic mass is 10.2. The first kappa shape index (κ1) is 20.1. The molecule has 0 radical (unpaired) electrons. The van der Waals surface area contributed by atoms with E-state index in [1.54, 1.807) is 18.2 Å². The molecule has 148 valence electrons. The predicted octanol–water partition coefficient (Wildman–Crippen LogP) is 3.53. The van der Waals surface area contributed by atoms with Crippen LogP contribution < -0.4 is 0 Å². The number of nitrogens with zero attached hydrogens (tertiary/aromatic N) is 5. The number of amides is 1. The van der Waals surface area contributed by atoms with Crippen LogP contribution in [0, 0.1) is 10.1 Å². The minimum atomic E-state index is -0.437. The summed E-state index contributed by atoms with van der Waals surface area (Å²) in [6, 6.07) is 6.19. The minimum absolute atomic E-state index is 0.0242. The van der Waals surface area contributed by atoms with Gasteiger partial charge in [0.05, 0.1) is 10.7 Å². The molecule has 1 aliphatic rings. The van der Waals surface area contributed by atoms with Gasteiger partial charge in [0.25, 0.3) is 5.69 Å². The Morgan fingerprint density at radius 1 is 1.18 bits per heavy atom. The van der Waals surface area contributed by atoms with Crippen LogP contribution in [0.4, 0.5) is 5.69 Å². The van der Waals surface area contributed by atoms with Gasteiger partial charge in [-0.1, -0.05) is 30.7 Å². The molecule has 0 N–H and O–H groups in total. The first-order chi connectivity index (χ1) is 13.6. The van der Waals surface area contributed by atoms with Crippen molar-refractivity contribution in [3.63, 3.8) is 0 Å². The molecule has 3 rings (SSSR count). The fourth-order valence-electron chi connectivity index (χ4n) is 3.17. The Labute approximate surface area is 167 Å². The van der Waals surface area contributed by atoms with E-state index in [9.17, 15) is 14.9 Å². The average molecular weight is 401 g/mol. The van der Waals surface area contributed by atoms with Crippen LogP contribution in [0.3, 0.4) is 0 Å². The summed E-state index contributed by atoms with van der Waals surface area (Å²) in [5, 5.41) is 19.9. The lowest BCUT2D eigenvalue weighted by Gasteiger charge is -2.19. The molecular formula is C19H23N5O3S. The molecule has 0 atom stereocenters. The van der Waals surface area contributed by atoms with Crippen molar-refractivity contribution in [3.8, 4) is 11.4 Å². The molecule has 28 heavy (non-hydrogen) atoms. The highest BCUT2D eigenvalue weighted by Crippen LogP contribution is 2.26. The Balaban J connectivity index is 1.73. The van der Waals surface area contributed by atoms with E-state index in [0.717, 1.165) is 31.5 Å². The SMILES string of the molecule is C=CCn1c(SCC(=O)N2CCCCCC2)nnc1-c1ccc([N+](=O)[O-])cc1. The van der Waals surface area contributed by atoms with E-state index in [2.05, 4.69) is 16.8 Å². The number of aromatic nitrogens is 3. The van der Waals surface area contributed by atoms with Crippen molar-refractivity contribution in [2.75, 3.05) is 18.8 Å². The zero-order chi connectivity index (χ0) is 19.9. The third-order valence-electron chi connectivity index (χ3n) is 4.65. The van der Waals surface area contributed by atoms with Gasteiger partial charge >= 0.3 is 0 Å². The third-order valence-corrected chi connectivity index (χ3v) is 5.60. The second-order valence-electron chi connectivity index (χ2n) is 6.59. The molecule has 1 aliphatic heterocycles. The zero-order valence-corrected chi connectivity index (χ0v) is 16.4. The van der Waals surface area contributed by atoms with Crippen LogP contribution in [-0.4, -0.2) is 49.3 Å². The van der Waals surface area contributed by atoms with Crippen molar-refractivity contribution >= 4 is 23.4 Å². The van der Waals surface area contributed by atoms with Gasteiger partial charge in [-0.2, -0.15) is 0 Å². The summed E-state index contributed by atoms with van der Waals surface area (Å²) >= 11 is 1.36. The zero-order valence-electron chi connectivity index (χ0n) is 15.6. The topological polar surface area (TPSA) is 94.2 Å². The number of carbonyl (C=O) groups excluding carboxylic acids is 1. The van der Waals surface area contributed by atoms with E-state index in [0.29, 0.717) is 23.3 Å². The fourth-order valence-corrected chi connectivity index (χ4v) is 4.02. The van der Waals surface area contributed by atoms with Crippen molar-refractivity contribution in [1.29, 1.82) is 0 Å². The Morgan fingerprint density at radius 2 is 1.86 bits per heavy atom. The van der Waals surface area contributed by atoms with Crippen molar-refractivity contribution in [2.45, 2.75) is 37.4 Å². The molecule has 8 nitrogen and oxygen atoms in total. The highest BCUT2D eigenvalue weighted by molar-refractivity contribution is 7.99. The van der Waals surface area contributed by atoms with Crippen molar-refractivity contribution < 1.29 is 9.72 Å². The summed E-state index contributed by atoms with van der Waals surface area (Å²) in [5.74, 6) is 1.03. The number of likely N-dealkylation sites (tertiary alicyclic amines) is 1. The number of non-ortho nitro benzene ring substituents is 1. The number of hydrogen-bond acceptors (Lipinski definition) is 6.